The third-order valence-corrected chi connectivity index (χ3v) is 5.84. The van der Waals surface area contributed by atoms with Gasteiger partial charge in [-0.3, -0.25) is 14.6 Å². The highest BCUT2D eigenvalue weighted by Crippen LogP contribution is 2.43. The van der Waals surface area contributed by atoms with Crippen LogP contribution in [0.1, 0.15) is 29.8 Å². The van der Waals surface area contributed by atoms with Crippen LogP contribution in [0, 0.1) is 5.92 Å². The molecule has 27 heavy (non-hydrogen) atoms. The number of piperidine rings is 1. The average Bonchev–Trinajstić information content (AvgIpc) is 3.41. The van der Waals surface area contributed by atoms with Crippen LogP contribution in [0.25, 0.3) is 22.2 Å². The Morgan fingerprint density at radius 3 is 2.85 bits per heavy atom. The van der Waals surface area contributed by atoms with Gasteiger partial charge in [0.15, 0.2) is 5.69 Å². The number of primary amides is 1. The molecule has 2 fully saturated rings. The van der Waals surface area contributed by atoms with Gasteiger partial charge >= 0.3 is 0 Å². The summed E-state index contributed by atoms with van der Waals surface area (Å²) in [7, 11) is 0. The molecule has 136 valence electrons. The number of carbonyl (C=O) groups is 2. The summed E-state index contributed by atoms with van der Waals surface area (Å²) in [6, 6.07) is 7.36. The number of rotatable bonds is 3. The second kappa shape index (κ2) is 5.90. The predicted octanol–water partition coefficient (Wildman–Crippen LogP) is 2.10. The van der Waals surface area contributed by atoms with Crippen molar-refractivity contribution >= 4 is 22.7 Å². The first-order chi connectivity index (χ1) is 13.1. The molecule has 3 aromatic rings. The van der Waals surface area contributed by atoms with Crippen molar-refractivity contribution in [1.29, 1.82) is 0 Å². The topological polar surface area (TPSA) is 105 Å². The number of H-pyrrole nitrogens is 1. The number of aromatic nitrogens is 3. The second-order valence-corrected chi connectivity index (χ2v) is 7.32. The molecular weight excluding hydrogens is 342 g/mol. The van der Waals surface area contributed by atoms with Crippen LogP contribution in [0.2, 0.25) is 0 Å². The molecule has 0 radical (unpaired) electrons. The number of benzene rings is 1. The predicted molar refractivity (Wildman–Crippen MR) is 99.6 cm³/mol. The highest BCUT2D eigenvalue weighted by atomic mass is 16.2. The molecule has 0 spiro atoms. The third-order valence-electron chi connectivity index (χ3n) is 5.84. The molecule has 2 aromatic heterocycles. The second-order valence-electron chi connectivity index (χ2n) is 7.32. The van der Waals surface area contributed by atoms with Crippen LogP contribution in [-0.4, -0.2) is 43.7 Å². The zero-order valence-corrected chi connectivity index (χ0v) is 14.6. The molecule has 2 amide bonds. The van der Waals surface area contributed by atoms with E-state index < -0.39 is 11.9 Å². The Kier molecular flexibility index (Phi) is 3.50. The van der Waals surface area contributed by atoms with Gasteiger partial charge in [0.2, 0.25) is 5.91 Å². The highest BCUT2D eigenvalue weighted by molar-refractivity contribution is 6.01. The van der Waals surface area contributed by atoms with E-state index in [0.717, 1.165) is 35.7 Å². The molecule has 1 saturated heterocycles. The Labute approximate surface area is 155 Å². The first kappa shape index (κ1) is 16.0. The van der Waals surface area contributed by atoms with Gasteiger partial charge in [-0.2, -0.15) is 0 Å². The van der Waals surface area contributed by atoms with Gasteiger partial charge in [-0.25, -0.2) is 4.98 Å². The minimum Gasteiger partial charge on any atom is -0.368 e. The fourth-order valence-electron chi connectivity index (χ4n) is 4.67. The molecule has 3 heterocycles. The minimum atomic E-state index is -0.544. The molecule has 1 saturated carbocycles. The molecule has 1 aliphatic heterocycles. The SMILES string of the molecule is NC(=O)[C@@H]1[C@H]2CC[C@H](C2)N1C(=O)c1nccnc1-c1ccc2cc[nH]c2c1. The Bertz CT molecular complexity index is 1060. The van der Waals surface area contributed by atoms with Gasteiger partial charge in [-0.15, -0.1) is 0 Å². The normalized spacial score (nSPS) is 23.9. The van der Waals surface area contributed by atoms with Crippen molar-refractivity contribution in [3.05, 3.63) is 48.5 Å². The fraction of sp³-hybridized carbons (Fsp3) is 0.300. The van der Waals surface area contributed by atoms with Crippen LogP contribution in [0.3, 0.4) is 0 Å². The van der Waals surface area contributed by atoms with E-state index in [0.29, 0.717) is 5.69 Å². The van der Waals surface area contributed by atoms with Crippen LogP contribution >= 0.6 is 0 Å². The molecule has 0 unspecified atom stereocenters. The number of nitrogens with two attached hydrogens (primary N) is 1. The summed E-state index contributed by atoms with van der Waals surface area (Å²) in [5.41, 5.74) is 8.17. The van der Waals surface area contributed by atoms with Crippen LogP contribution < -0.4 is 5.73 Å². The first-order valence-electron chi connectivity index (χ1n) is 9.14. The van der Waals surface area contributed by atoms with Crippen molar-refractivity contribution in [2.24, 2.45) is 11.7 Å². The van der Waals surface area contributed by atoms with Crippen LogP contribution in [0.5, 0.6) is 0 Å². The monoisotopic (exact) mass is 361 g/mol. The molecule has 1 aliphatic carbocycles. The number of nitrogens with one attached hydrogen (secondary N) is 1. The Morgan fingerprint density at radius 1 is 1.15 bits per heavy atom. The lowest BCUT2D eigenvalue weighted by Crippen LogP contribution is -2.51. The summed E-state index contributed by atoms with van der Waals surface area (Å²) in [5.74, 6) is -0.540. The van der Waals surface area contributed by atoms with E-state index in [1.165, 1.54) is 6.20 Å². The van der Waals surface area contributed by atoms with Gasteiger partial charge in [0.25, 0.3) is 5.91 Å². The zero-order chi connectivity index (χ0) is 18.5. The van der Waals surface area contributed by atoms with Crippen molar-refractivity contribution in [3.8, 4) is 11.3 Å². The van der Waals surface area contributed by atoms with Gasteiger partial charge in [-0.1, -0.05) is 12.1 Å². The number of likely N-dealkylation sites (tertiary alicyclic amines) is 1. The summed E-state index contributed by atoms with van der Waals surface area (Å²) in [6.45, 7) is 0. The van der Waals surface area contributed by atoms with E-state index in [1.807, 2.05) is 30.5 Å². The first-order valence-corrected chi connectivity index (χ1v) is 9.14. The lowest BCUT2D eigenvalue weighted by Gasteiger charge is -2.33. The maximum atomic E-state index is 13.4. The Morgan fingerprint density at radius 2 is 2.00 bits per heavy atom. The quantitative estimate of drug-likeness (QED) is 0.745. The van der Waals surface area contributed by atoms with Crippen molar-refractivity contribution in [2.75, 3.05) is 0 Å². The summed E-state index contributed by atoms with van der Waals surface area (Å²) in [4.78, 5) is 38.9. The summed E-state index contributed by atoms with van der Waals surface area (Å²) in [5, 5.41) is 1.08. The Balaban J connectivity index is 1.58. The van der Waals surface area contributed by atoms with Gasteiger partial charge in [-0.05, 0) is 42.7 Å². The minimum absolute atomic E-state index is 0.0562. The maximum absolute atomic E-state index is 13.4. The lowest BCUT2D eigenvalue weighted by molar-refractivity contribution is -0.123. The van der Waals surface area contributed by atoms with E-state index >= 15 is 0 Å². The van der Waals surface area contributed by atoms with E-state index in [9.17, 15) is 9.59 Å². The van der Waals surface area contributed by atoms with E-state index in [1.54, 1.807) is 11.1 Å². The molecule has 5 rings (SSSR count). The van der Waals surface area contributed by atoms with Crippen molar-refractivity contribution in [2.45, 2.75) is 31.3 Å². The maximum Gasteiger partial charge on any atom is 0.275 e. The molecule has 3 atom stereocenters. The number of amides is 2. The van der Waals surface area contributed by atoms with Gasteiger partial charge in [0.1, 0.15) is 11.7 Å². The van der Waals surface area contributed by atoms with Crippen LogP contribution in [-0.2, 0) is 4.79 Å². The largest absolute Gasteiger partial charge is 0.368 e. The number of aromatic amines is 1. The van der Waals surface area contributed by atoms with Gasteiger partial charge in [0.05, 0.1) is 0 Å². The molecule has 1 aromatic carbocycles. The Hall–Kier alpha value is -3.22. The van der Waals surface area contributed by atoms with E-state index in [-0.39, 0.29) is 23.6 Å². The standard InChI is InChI=1S/C20H19N5O2/c21-19(26)18-13-3-4-14(9-13)25(18)20(27)17-16(23-7-8-24-17)12-2-1-11-5-6-22-15(11)10-12/h1-2,5-8,10,13-14,18,22H,3-4,9H2,(H2,21,26)/t13-,14+,18-/m0/s1. The fourth-order valence-corrected chi connectivity index (χ4v) is 4.67. The van der Waals surface area contributed by atoms with Crippen molar-refractivity contribution in [3.63, 3.8) is 0 Å². The summed E-state index contributed by atoms with van der Waals surface area (Å²) < 4.78 is 0. The molecule has 3 N–H and O–H groups in total. The third kappa shape index (κ3) is 2.42. The number of hydrogen-bond acceptors (Lipinski definition) is 4. The van der Waals surface area contributed by atoms with Crippen molar-refractivity contribution < 1.29 is 9.59 Å². The van der Waals surface area contributed by atoms with E-state index in [2.05, 4.69) is 15.0 Å². The molecule has 7 heteroatoms. The number of carbonyl (C=O) groups excluding carboxylic acids is 2. The van der Waals surface area contributed by atoms with Crippen LogP contribution in [0.15, 0.2) is 42.9 Å². The number of nitrogens with zero attached hydrogens (tertiary/aromatic N) is 3. The number of hydrogen-bond donors (Lipinski definition) is 2. The van der Waals surface area contributed by atoms with Crippen LogP contribution in [0.4, 0.5) is 0 Å². The smallest absolute Gasteiger partial charge is 0.275 e. The molecular formula is C20H19N5O2. The number of fused-ring (bicyclic) bond motifs is 3. The average molecular weight is 361 g/mol. The van der Waals surface area contributed by atoms with Crippen molar-refractivity contribution in [1.82, 2.24) is 19.9 Å². The molecule has 7 nitrogen and oxygen atoms in total. The summed E-state index contributed by atoms with van der Waals surface area (Å²) >= 11 is 0. The summed E-state index contributed by atoms with van der Waals surface area (Å²) in [6.07, 6.45) is 7.65. The van der Waals surface area contributed by atoms with E-state index in [4.69, 9.17) is 5.73 Å². The highest BCUT2D eigenvalue weighted by Gasteiger charge is 2.51. The van der Waals surface area contributed by atoms with Gasteiger partial charge < -0.3 is 15.6 Å². The van der Waals surface area contributed by atoms with Gasteiger partial charge in [0, 0.05) is 35.7 Å². The molecule has 2 aliphatic rings. The molecule has 2 bridgehead atoms. The zero-order valence-electron chi connectivity index (χ0n) is 14.6. The lowest BCUT2D eigenvalue weighted by atomic mass is 9.97.